The standard InChI is InChI=1S/C15H15INO3.Y/c1-17-14(8-7-13(16)15(17)18)11-3-5-12(6-4-11)20-10-9-19-2;/h3-7H,9-10H2,1-2H3;/q-1;. The third kappa shape index (κ3) is 4.88. The summed E-state index contributed by atoms with van der Waals surface area (Å²) in [6.45, 7) is 1.07. The van der Waals surface area contributed by atoms with Crippen molar-refractivity contribution in [3.63, 3.8) is 0 Å². The van der Waals surface area contributed by atoms with E-state index < -0.39 is 0 Å². The van der Waals surface area contributed by atoms with Crippen LogP contribution in [0.5, 0.6) is 5.75 Å². The summed E-state index contributed by atoms with van der Waals surface area (Å²) in [6.07, 6.45) is 0. The van der Waals surface area contributed by atoms with Crippen molar-refractivity contribution in [2.24, 2.45) is 7.05 Å². The number of ether oxygens (including phenoxy) is 2. The van der Waals surface area contributed by atoms with Crippen LogP contribution in [-0.2, 0) is 44.5 Å². The van der Waals surface area contributed by atoms with E-state index in [4.69, 9.17) is 9.47 Å². The Morgan fingerprint density at radius 2 is 1.90 bits per heavy atom. The van der Waals surface area contributed by atoms with Crippen molar-refractivity contribution in [2.45, 2.75) is 0 Å². The van der Waals surface area contributed by atoms with Gasteiger partial charge in [0.15, 0.2) is 0 Å². The van der Waals surface area contributed by atoms with Crippen LogP contribution in [0, 0.1) is 9.64 Å². The van der Waals surface area contributed by atoms with Gasteiger partial charge in [0.05, 0.1) is 6.61 Å². The molecule has 0 saturated carbocycles. The van der Waals surface area contributed by atoms with E-state index in [1.807, 2.05) is 46.9 Å². The molecule has 1 aromatic carbocycles. The van der Waals surface area contributed by atoms with Crippen LogP contribution < -0.4 is 10.3 Å². The molecular formula is C15H15INO3Y-. The van der Waals surface area contributed by atoms with Crippen LogP contribution in [0.15, 0.2) is 35.1 Å². The Balaban J connectivity index is 0.00000220. The third-order valence-electron chi connectivity index (χ3n) is 2.86. The fourth-order valence-corrected chi connectivity index (χ4v) is 2.30. The van der Waals surface area contributed by atoms with Gasteiger partial charge in [0.2, 0.25) is 5.56 Å². The third-order valence-corrected chi connectivity index (χ3v) is 3.64. The van der Waals surface area contributed by atoms with E-state index in [0.29, 0.717) is 16.8 Å². The molecule has 0 aliphatic rings. The van der Waals surface area contributed by atoms with Crippen molar-refractivity contribution < 1.29 is 42.2 Å². The number of methoxy groups -OCH3 is 1. The van der Waals surface area contributed by atoms with Gasteiger partial charge < -0.3 is 14.0 Å². The largest absolute Gasteiger partial charge is 0.491 e. The van der Waals surface area contributed by atoms with Crippen LogP contribution in [0.1, 0.15) is 0 Å². The Hall–Kier alpha value is -0.236. The molecule has 2 aromatic rings. The summed E-state index contributed by atoms with van der Waals surface area (Å²) in [5.41, 5.74) is 1.68. The van der Waals surface area contributed by atoms with Gasteiger partial charge in [0.25, 0.3) is 0 Å². The van der Waals surface area contributed by atoms with Gasteiger partial charge in [-0.3, -0.25) is 4.79 Å². The van der Waals surface area contributed by atoms with Gasteiger partial charge in [-0.25, -0.2) is 0 Å². The Bertz CT molecular complexity index is 640. The quantitative estimate of drug-likeness (QED) is 0.381. The first-order valence-corrected chi connectivity index (χ1v) is 7.20. The molecule has 1 radical (unpaired) electrons. The molecule has 6 heteroatoms. The fraction of sp³-hybridized carbons (Fsp3) is 0.267. The SMILES string of the molecule is COCCOc1ccc(-c2[c-]cc(I)c(=O)n2C)cc1.[Y]. The summed E-state index contributed by atoms with van der Waals surface area (Å²) in [6, 6.07) is 12.4. The molecule has 4 nitrogen and oxygen atoms in total. The van der Waals surface area contributed by atoms with E-state index in [1.54, 1.807) is 24.8 Å². The first kappa shape index (κ1) is 18.8. The number of hydrogen-bond donors (Lipinski definition) is 0. The zero-order chi connectivity index (χ0) is 14.5. The van der Waals surface area contributed by atoms with E-state index in [-0.39, 0.29) is 38.3 Å². The van der Waals surface area contributed by atoms with E-state index in [1.165, 1.54) is 0 Å². The number of aromatic nitrogens is 1. The van der Waals surface area contributed by atoms with Crippen molar-refractivity contribution in [3.05, 3.63) is 50.3 Å². The van der Waals surface area contributed by atoms with Gasteiger partial charge in [0, 0.05) is 46.9 Å². The molecule has 2 rings (SSSR count). The van der Waals surface area contributed by atoms with Crippen molar-refractivity contribution in [3.8, 4) is 17.0 Å². The molecule has 109 valence electrons. The fourth-order valence-electron chi connectivity index (χ4n) is 1.78. The average molecular weight is 473 g/mol. The summed E-state index contributed by atoms with van der Waals surface area (Å²) >= 11 is 2.01. The predicted octanol–water partition coefficient (Wildman–Crippen LogP) is 2.48. The molecule has 1 heterocycles. The summed E-state index contributed by atoms with van der Waals surface area (Å²) < 4.78 is 12.7. The zero-order valence-corrected chi connectivity index (χ0v) is 16.9. The summed E-state index contributed by atoms with van der Waals surface area (Å²) in [7, 11) is 3.39. The molecule has 0 saturated heterocycles. The first-order valence-electron chi connectivity index (χ1n) is 6.13. The molecule has 0 amide bonds. The molecule has 0 spiro atoms. The molecule has 0 atom stereocenters. The van der Waals surface area contributed by atoms with Gasteiger partial charge in [-0.15, -0.1) is 34.7 Å². The zero-order valence-electron chi connectivity index (χ0n) is 11.9. The van der Waals surface area contributed by atoms with Crippen LogP contribution in [0.3, 0.4) is 0 Å². The monoisotopic (exact) mass is 473 g/mol. The first-order chi connectivity index (χ1) is 9.63. The second-order valence-corrected chi connectivity index (χ2v) is 5.38. The predicted molar refractivity (Wildman–Crippen MR) is 86.0 cm³/mol. The number of nitrogens with zero attached hydrogens (tertiary/aromatic N) is 1. The molecule has 0 bridgehead atoms. The van der Waals surface area contributed by atoms with E-state index in [2.05, 4.69) is 6.07 Å². The number of rotatable bonds is 5. The van der Waals surface area contributed by atoms with Gasteiger partial charge in [-0.1, -0.05) is 11.3 Å². The maximum absolute atomic E-state index is 11.9. The molecule has 0 N–H and O–H groups in total. The van der Waals surface area contributed by atoms with Crippen molar-refractivity contribution >= 4 is 22.6 Å². The Kier molecular flexibility index (Phi) is 8.09. The number of pyridine rings is 1. The smallest absolute Gasteiger partial charge is 0.207 e. The van der Waals surface area contributed by atoms with Crippen LogP contribution in [0.4, 0.5) is 0 Å². The molecule has 21 heavy (non-hydrogen) atoms. The van der Waals surface area contributed by atoms with E-state index in [9.17, 15) is 4.79 Å². The summed E-state index contributed by atoms with van der Waals surface area (Å²) in [4.78, 5) is 11.9. The van der Waals surface area contributed by atoms with Crippen LogP contribution >= 0.6 is 22.6 Å². The van der Waals surface area contributed by atoms with Gasteiger partial charge in [-0.05, 0) is 15.7 Å². The summed E-state index contributed by atoms with van der Waals surface area (Å²) in [5.74, 6) is 0.779. The van der Waals surface area contributed by atoms with Gasteiger partial charge >= 0.3 is 0 Å². The van der Waals surface area contributed by atoms with Crippen LogP contribution in [0.2, 0.25) is 0 Å². The van der Waals surface area contributed by atoms with Crippen molar-refractivity contribution in [1.29, 1.82) is 0 Å². The Morgan fingerprint density at radius 1 is 1.24 bits per heavy atom. The minimum absolute atomic E-state index is 0. The van der Waals surface area contributed by atoms with Crippen molar-refractivity contribution in [2.75, 3.05) is 20.3 Å². The molecule has 1 aromatic heterocycles. The number of hydrogen-bond acceptors (Lipinski definition) is 3. The topological polar surface area (TPSA) is 40.5 Å². The average Bonchev–Trinajstić information content (AvgIpc) is 2.46. The molecule has 0 aliphatic heterocycles. The number of benzene rings is 1. The normalized spacial score (nSPS) is 10.0. The van der Waals surface area contributed by atoms with Crippen LogP contribution in [-0.4, -0.2) is 24.9 Å². The summed E-state index contributed by atoms with van der Waals surface area (Å²) in [5, 5.41) is 0. The Labute approximate surface area is 162 Å². The van der Waals surface area contributed by atoms with Crippen molar-refractivity contribution in [1.82, 2.24) is 4.57 Å². The maximum Gasteiger partial charge on any atom is 0.207 e. The minimum atomic E-state index is -0.0141. The second-order valence-electron chi connectivity index (χ2n) is 4.22. The minimum Gasteiger partial charge on any atom is -0.491 e. The number of halogens is 1. The van der Waals surface area contributed by atoms with Gasteiger partial charge in [-0.2, -0.15) is 12.1 Å². The van der Waals surface area contributed by atoms with E-state index in [0.717, 1.165) is 17.0 Å². The second kappa shape index (κ2) is 9.03. The van der Waals surface area contributed by atoms with Gasteiger partial charge in [0.1, 0.15) is 12.4 Å². The maximum atomic E-state index is 11.9. The molecule has 0 aliphatic carbocycles. The molecule has 0 unspecified atom stereocenters. The Morgan fingerprint density at radius 3 is 2.52 bits per heavy atom. The van der Waals surface area contributed by atoms with E-state index >= 15 is 0 Å². The van der Waals surface area contributed by atoms with Crippen LogP contribution in [0.25, 0.3) is 11.3 Å². The molecule has 0 fully saturated rings. The molecular weight excluding hydrogens is 458 g/mol.